The second kappa shape index (κ2) is 6.36. The summed E-state index contributed by atoms with van der Waals surface area (Å²) < 4.78 is 0. The first-order valence-electron chi connectivity index (χ1n) is 6.21. The summed E-state index contributed by atoms with van der Waals surface area (Å²) in [6.45, 7) is 6.13. The van der Waals surface area contributed by atoms with E-state index in [9.17, 15) is 4.79 Å². The number of unbranched alkanes of at least 4 members (excludes halogenated alkanes) is 1. The molecule has 1 aromatic carbocycles. The van der Waals surface area contributed by atoms with E-state index in [4.69, 9.17) is 5.73 Å². The van der Waals surface area contributed by atoms with Gasteiger partial charge in [0.2, 0.25) is 5.91 Å². The predicted molar refractivity (Wildman–Crippen MR) is 75.0 cm³/mol. The molecular weight excluding hydrogens is 224 g/mol. The summed E-state index contributed by atoms with van der Waals surface area (Å²) in [4.78, 5) is 14.0. The second-order valence-corrected chi connectivity index (χ2v) is 4.73. The molecule has 98 valence electrons. The number of hydrogen-bond acceptors (Lipinski definition) is 2. The van der Waals surface area contributed by atoms with Crippen molar-refractivity contribution in [3.63, 3.8) is 0 Å². The van der Waals surface area contributed by atoms with Gasteiger partial charge in [0.25, 0.3) is 0 Å². The van der Waals surface area contributed by atoms with Crippen molar-refractivity contribution in [2.24, 2.45) is 5.73 Å². The zero-order chi connectivity index (χ0) is 13.6. The first-order valence-corrected chi connectivity index (χ1v) is 6.21. The Labute approximate surface area is 109 Å². The van der Waals surface area contributed by atoms with E-state index in [0.29, 0.717) is 6.54 Å². The van der Waals surface area contributed by atoms with Gasteiger partial charge in [0.05, 0.1) is 0 Å². The molecule has 0 spiro atoms. The van der Waals surface area contributed by atoms with Crippen LogP contribution in [0.5, 0.6) is 0 Å². The third kappa shape index (κ3) is 3.44. The van der Waals surface area contributed by atoms with Crippen molar-refractivity contribution in [2.75, 3.05) is 13.6 Å². The van der Waals surface area contributed by atoms with Gasteiger partial charge in [-0.25, -0.2) is 0 Å². The third-order valence-corrected chi connectivity index (χ3v) is 3.07. The first kappa shape index (κ1) is 14.5. The second-order valence-electron chi connectivity index (χ2n) is 4.73. The van der Waals surface area contributed by atoms with Gasteiger partial charge in [-0.3, -0.25) is 4.79 Å². The molecule has 0 heterocycles. The zero-order valence-corrected chi connectivity index (χ0v) is 11.2. The summed E-state index contributed by atoms with van der Waals surface area (Å²) in [5, 5.41) is 0. The van der Waals surface area contributed by atoms with Crippen LogP contribution < -0.4 is 5.73 Å². The first-order chi connectivity index (χ1) is 8.50. The lowest BCUT2D eigenvalue weighted by Gasteiger charge is -2.29. The molecule has 1 atom stereocenters. The minimum absolute atomic E-state index is 0.0576. The van der Waals surface area contributed by atoms with E-state index in [-0.39, 0.29) is 5.91 Å². The molecule has 1 aromatic rings. The Morgan fingerprint density at radius 3 is 2.61 bits per heavy atom. The molecule has 1 rings (SSSR count). The fraction of sp³-hybridized carbons (Fsp3) is 0.400. The van der Waals surface area contributed by atoms with Crippen LogP contribution in [0.1, 0.15) is 25.3 Å². The maximum absolute atomic E-state index is 12.3. The smallest absolute Gasteiger partial charge is 0.246 e. The molecule has 0 aliphatic carbocycles. The van der Waals surface area contributed by atoms with E-state index in [1.807, 2.05) is 36.4 Å². The molecule has 1 unspecified atom stereocenters. The molecule has 0 radical (unpaired) electrons. The van der Waals surface area contributed by atoms with Crippen LogP contribution in [-0.4, -0.2) is 24.4 Å². The van der Waals surface area contributed by atoms with Crippen LogP contribution in [0.2, 0.25) is 0 Å². The quantitative estimate of drug-likeness (QED) is 0.618. The molecule has 0 saturated carbocycles. The number of benzene rings is 1. The lowest BCUT2D eigenvalue weighted by molar-refractivity contribution is -0.135. The number of hydrogen-bond donors (Lipinski definition) is 1. The molecule has 0 saturated heterocycles. The number of nitrogens with two attached hydrogens (primary N) is 1. The summed E-state index contributed by atoms with van der Waals surface area (Å²) in [5.41, 5.74) is 6.05. The summed E-state index contributed by atoms with van der Waals surface area (Å²) in [6.07, 6.45) is 3.68. The number of allylic oxidation sites excluding steroid dienone is 1. The number of amides is 1. The predicted octanol–water partition coefficient (Wildman–Crippen LogP) is 2.29. The molecule has 0 aliphatic heterocycles. The molecular formula is C15H22N2O. The van der Waals surface area contributed by atoms with Gasteiger partial charge in [-0.15, -0.1) is 6.58 Å². The highest BCUT2D eigenvalue weighted by molar-refractivity contribution is 5.86. The molecule has 0 fully saturated rings. The largest absolute Gasteiger partial charge is 0.344 e. The zero-order valence-electron chi connectivity index (χ0n) is 11.2. The van der Waals surface area contributed by atoms with Gasteiger partial charge in [0.1, 0.15) is 5.54 Å². The van der Waals surface area contributed by atoms with Gasteiger partial charge in [0, 0.05) is 13.6 Å². The lowest BCUT2D eigenvalue weighted by Crippen LogP contribution is -2.49. The van der Waals surface area contributed by atoms with E-state index in [2.05, 4.69) is 6.58 Å². The monoisotopic (exact) mass is 246 g/mol. The molecule has 0 aliphatic rings. The molecule has 0 bridgehead atoms. The molecule has 1 amide bonds. The lowest BCUT2D eigenvalue weighted by atomic mass is 9.91. The minimum atomic E-state index is -0.968. The van der Waals surface area contributed by atoms with Gasteiger partial charge >= 0.3 is 0 Å². The number of likely N-dealkylation sites (N-methyl/N-ethyl adjacent to an activating group) is 1. The fourth-order valence-electron chi connectivity index (χ4n) is 1.88. The highest BCUT2D eigenvalue weighted by atomic mass is 16.2. The van der Waals surface area contributed by atoms with Crippen molar-refractivity contribution in [1.82, 2.24) is 4.90 Å². The topological polar surface area (TPSA) is 46.3 Å². The molecule has 3 nitrogen and oxygen atoms in total. The average Bonchev–Trinajstić information content (AvgIpc) is 2.39. The van der Waals surface area contributed by atoms with E-state index in [1.54, 1.807) is 18.9 Å². The molecule has 3 heteroatoms. The van der Waals surface area contributed by atoms with Gasteiger partial charge in [0.15, 0.2) is 0 Å². The Morgan fingerprint density at radius 1 is 1.44 bits per heavy atom. The van der Waals surface area contributed by atoms with Crippen molar-refractivity contribution >= 4 is 5.91 Å². The van der Waals surface area contributed by atoms with Crippen molar-refractivity contribution in [1.29, 1.82) is 0 Å². The summed E-state index contributed by atoms with van der Waals surface area (Å²) >= 11 is 0. The van der Waals surface area contributed by atoms with Crippen molar-refractivity contribution in [2.45, 2.75) is 25.3 Å². The summed E-state index contributed by atoms with van der Waals surface area (Å²) in [5.74, 6) is -0.0576. The van der Waals surface area contributed by atoms with Crippen LogP contribution in [0.15, 0.2) is 43.0 Å². The third-order valence-electron chi connectivity index (χ3n) is 3.07. The van der Waals surface area contributed by atoms with Gasteiger partial charge in [-0.05, 0) is 25.3 Å². The standard InChI is InChI=1S/C15H22N2O/c1-4-5-9-12-17(3)14(18)15(2,16)13-10-7-6-8-11-13/h4,6-8,10-11H,1,5,9,12,16H2,2-3H3. The average molecular weight is 246 g/mol. The van der Waals surface area contributed by atoms with Crippen LogP contribution >= 0.6 is 0 Å². The highest BCUT2D eigenvalue weighted by Gasteiger charge is 2.32. The van der Waals surface area contributed by atoms with Crippen LogP contribution in [0.4, 0.5) is 0 Å². The normalized spacial score (nSPS) is 13.7. The van der Waals surface area contributed by atoms with Crippen LogP contribution in [-0.2, 0) is 10.3 Å². The Balaban J connectivity index is 2.72. The van der Waals surface area contributed by atoms with E-state index < -0.39 is 5.54 Å². The van der Waals surface area contributed by atoms with Crippen molar-refractivity contribution in [3.8, 4) is 0 Å². The SMILES string of the molecule is C=CCCCN(C)C(=O)C(C)(N)c1ccccc1. The Bertz CT molecular complexity index is 398. The number of rotatable bonds is 6. The Morgan fingerprint density at radius 2 is 2.06 bits per heavy atom. The van der Waals surface area contributed by atoms with Gasteiger partial charge in [-0.2, -0.15) is 0 Å². The van der Waals surface area contributed by atoms with E-state index >= 15 is 0 Å². The summed E-state index contributed by atoms with van der Waals surface area (Å²) in [6, 6.07) is 9.47. The number of carbonyl (C=O) groups excluding carboxylic acids is 1. The maximum atomic E-state index is 12.3. The maximum Gasteiger partial charge on any atom is 0.246 e. The van der Waals surface area contributed by atoms with Crippen molar-refractivity contribution in [3.05, 3.63) is 48.6 Å². The van der Waals surface area contributed by atoms with Gasteiger partial charge in [-0.1, -0.05) is 36.4 Å². The molecule has 18 heavy (non-hydrogen) atoms. The number of carbonyl (C=O) groups is 1. The molecule has 0 aromatic heterocycles. The minimum Gasteiger partial charge on any atom is -0.344 e. The summed E-state index contributed by atoms with van der Waals surface area (Å²) in [7, 11) is 1.79. The van der Waals surface area contributed by atoms with Crippen molar-refractivity contribution < 1.29 is 4.79 Å². The van der Waals surface area contributed by atoms with Crippen LogP contribution in [0, 0.1) is 0 Å². The highest BCUT2D eigenvalue weighted by Crippen LogP contribution is 2.19. The fourth-order valence-corrected chi connectivity index (χ4v) is 1.88. The molecule has 2 N–H and O–H groups in total. The Kier molecular flexibility index (Phi) is 5.10. The van der Waals surface area contributed by atoms with Crippen LogP contribution in [0.3, 0.4) is 0 Å². The van der Waals surface area contributed by atoms with E-state index in [0.717, 1.165) is 18.4 Å². The van der Waals surface area contributed by atoms with E-state index in [1.165, 1.54) is 0 Å². The van der Waals surface area contributed by atoms with Crippen LogP contribution in [0.25, 0.3) is 0 Å². The van der Waals surface area contributed by atoms with Gasteiger partial charge < -0.3 is 10.6 Å². The number of nitrogens with zero attached hydrogens (tertiary/aromatic N) is 1. The Hall–Kier alpha value is -1.61.